The molecule has 15 heavy (non-hydrogen) atoms. The standard InChI is InChI=1S/C9H14N2O4/c1-9-5-3-2-4-6(9)10(14)7(12)8(13)11(9)15/h6,14-15H,2-5H2,1H3/t6-,9+/m0/s1. The van der Waals surface area contributed by atoms with Crippen LogP contribution in [-0.2, 0) is 9.59 Å². The van der Waals surface area contributed by atoms with Crippen molar-refractivity contribution < 1.29 is 20.0 Å². The molecular formula is C9H14N2O4. The summed E-state index contributed by atoms with van der Waals surface area (Å²) in [6, 6.07) is -0.499. The molecule has 2 rings (SSSR count). The molecule has 6 heteroatoms. The Morgan fingerprint density at radius 3 is 2.60 bits per heavy atom. The Balaban J connectivity index is 2.37. The van der Waals surface area contributed by atoms with Gasteiger partial charge < -0.3 is 0 Å². The minimum Gasteiger partial charge on any atom is -0.285 e. The molecule has 0 unspecified atom stereocenters. The van der Waals surface area contributed by atoms with Crippen molar-refractivity contribution in [2.45, 2.75) is 44.2 Å². The summed E-state index contributed by atoms with van der Waals surface area (Å²) in [7, 11) is 0. The van der Waals surface area contributed by atoms with Crippen LogP contribution in [0.25, 0.3) is 0 Å². The molecule has 0 spiro atoms. The van der Waals surface area contributed by atoms with Gasteiger partial charge in [-0.3, -0.25) is 20.0 Å². The van der Waals surface area contributed by atoms with E-state index in [1.54, 1.807) is 6.92 Å². The zero-order valence-corrected chi connectivity index (χ0v) is 8.51. The van der Waals surface area contributed by atoms with E-state index in [1.807, 2.05) is 0 Å². The molecule has 2 amide bonds. The number of nitrogens with zero attached hydrogens (tertiary/aromatic N) is 2. The summed E-state index contributed by atoms with van der Waals surface area (Å²) in [6.45, 7) is 1.68. The average molecular weight is 214 g/mol. The molecule has 2 N–H and O–H groups in total. The monoisotopic (exact) mass is 214 g/mol. The summed E-state index contributed by atoms with van der Waals surface area (Å²) in [5, 5.41) is 20.2. The first-order valence-corrected chi connectivity index (χ1v) is 5.04. The molecule has 1 aliphatic carbocycles. The van der Waals surface area contributed by atoms with Crippen LogP contribution in [0.4, 0.5) is 0 Å². The van der Waals surface area contributed by atoms with Crippen LogP contribution in [0, 0.1) is 0 Å². The molecule has 1 saturated carbocycles. The predicted molar refractivity (Wildman–Crippen MR) is 47.9 cm³/mol. The molecule has 84 valence electrons. The number of hydroxylamine groups is 4. The zero-order chi connectivity index (χ0) is 11.2. The van der Waals surface area contributed by atoms with Crippen LogP contribution in [-0.4, -0.2) is 43.9 Å². The second kappa shape index (κ2) is 3.18. The smallest absolute Gasteiger partial charge is 0.285 e. The first-order valence-electron chi connectivity index (χ1n) is 5.04. The van der Waals surface area contributed by atoms with E-state index >= 15 is 0 Å². The van der Waals surface area contributed by atoms with Gasteiger partial charge in [-0.2, -0.15) is 0 Å². The highest BCUT2D eigenvalue weighted by Gasteiger charge is 2.54. The Morgan fingerprint density at radius 1 is 1.27 bits per heavy atom. The van der Waals surface area contributed by atoms with Crippen molar-refractivity contribution in [3.05, 3.63) is 0 Å². The third-order valence-electron chi connectivity index (χ3n) is 3.49. The molecule has 0 bridgehead atoms. The first kappa shape index (κ1) is 10.4. The normalized spacial score (nSPS) is 36.9. The number of carbonyl (C=O) groups excluding carboxylic acids is 2. The summed E-state index contributed by atoms with van der Waals surface area (Å²) in [4.78, 5) is 22.6. The van der Waals surface area contributed by atoms with Gasteiger partial charge in [-0.1, -0.05) is 12.8 Å². The molecule has 0 aromatic rings. The Hall–Kier alpha value is -1.14. The van der Waals surface area contributed by atoms with E-state index in [2.05, 4.69) is 0 Å². The molecule has 1 heterocycles. The fraction of sp³-hybridized carbons (Fsp3) is 0.778. The number of fused-ring (bicyclic) bond motifs is 1. The molecular weight excluding hydrogens is 200 g/mol. The topological polar surface area (TPSA) is 81.1 Å². The molecule has 2 atom stereocenters. The van der Waals surface area contributed by atoms with Crippen LogP contribution in [0.1, 0.15) is 32.6 Å². The zero-order valence-electron chi connectivity index (χ0n) is 8.51. The van der Waals surface area contributed by atoms with E-state index in [1.165, 1.54) is 0 Å². The van der Waals surface area contributed by atoms with Crippen LogP contribution in [0.2, 0.25) is 0 Å². The molecule has 0 radical (unpaired) electrons. The Morgan fingerprint density at radius 2 is 1.93 bits per heavy atom. The van der Waals surface area contributed by atoms with E-state index in [4.69, 9.17) is 0 Å². The molecule has 0 aromatic heterocycles. The van der Waals surface area contributed by atoms with Crippen LogP contribution in [0.15, 0.2) is 0 Å². The lowest BCUT2D eigenvalue weighted by molar-refractivity contribution is -0.258. The lowest BCUT2D eigenvalue weighted by atomic mass is 9.77. The van der Waals surface area contributed by atoms with Gasteiger partial charge >= 0.3 is 11.8 Å². The lowest BCUT2D eigenvalue weighted by Crippen LogP contribution is -2.70. The van der Waals surface area contributed by atoms with Crippen molar-refractivity contribution in [1.82, 2.24) is 10.1 Å². The van der Waals surface area contributed by atoms with Crippen LogP contribution in [0.3, 0.4) is 0 Å². The maximum Gasteiger partial charge on any atom is 0.338 e. The second-order valence-corrected chi connectivity index (χ2v) is 4.39. The van der Waals surface area contributed by atoms with E-state index in [0.717, 1.165) is 12.8 Å². The third kappa shape index (κ3) is 1.25. The van der Waals surface area contributed by atoms with Crippen molar-refractivity contribution in [2.24, 2.45) is 0 Å². The summed E-state index contributed by atoms with van der Waals surface area (Å²) >= 11 is 0. The summed E-state index contributed by atoms with van der Waals surface area (Å²) in [5.74, 6) is -2.11. The Kier molecular flexibility index (Phi) is 2.20. The fourth-order valence-electron chi connectivity index (χ4n) is 2.49. The van der Waals surface area contributed by atoms with E-state index in [-0.39, 0.29) is 0 Å². The highest BCUT2D eigenvalue weighted by molar-refractivity contribution is 6.35. The van der Waals surface area contributed by atoms with Crippen molar-refractivity contribution >= 4 is 11.8 Å². The number of rotatable bonds is 0. The van der Waals surface area contributed by atoms with Gasteiger partial charge in [-0.15, -0.1) is 0 Å². The average Bonchev–Trinajstić information content (AvgIpc) is 2.24. The van der Waals surface area contributed by atoms with Gasteiger partial charge in [0.15, 0.2) is 0 Å². The summed E-state index contributed by atoms with van der Waals surface area (Å²) < 4.78 is 0. The lowest BCUT2D eigenvalue weighted by Gasteiger charge is -2.50. The SMILES string of the molecule is C[C@@]12CCCC[C@@H]1N(O)C(=O)C(=O)N2O. The van der Waals surface area contributed by atoms with E-state index in [0.29, 0.717) is 23.0 Å². The maximum atomic E-state index is 11.3. The highest BCUT2D eigenvalue weighted by Crippen LogP contribution is 2.38. The minimum absolute atomic E-state index is 0.480. The largest absolute Gasteiger partial charge is 0.338 e. The van der Waals surface area contributed by atoms with Crippen LogP contribution < -0.4 is 0 Å². The molecule has 2 aliphatic rings. The third-order valence-corrected chi connectivity index (χ3v) is 3.49. The second-order valence-electron chi connectivity index (χ2n) is 4.39. The highest BCUT2D eigenvalue weighted by atomic mass is 16.5. The fourth-order valence-corrected chi connectivity index (χ4v) is 2.49. The number of amides is 2. The van der Waals surface area contributed by atoms with E-state index < -0.39 is 23.4 Å². The van der Waals surface area contributed by atoms with Crippen LogP contribution in [0.5, 0.6) is 0 Å². The van der Waals surface area contributed by atoms with Crippen molar-refractivity contribution in [1.29, 1.82) is 0 Å². The van der Waals surface area contributed by atoms with Crippen molar-refractivity contribution in [3.8, 4) is 0 Å². The minimum atomic E-state index is -1.06. The Bertz CT molecular complexity index is 319. The number of hydrogen-bond donors (Lipinski definition) is 2. The predicted octanol–water partition coefficient (Wildman–Crippen LogP) is 0.137. The van der Waals surface area contributed by atoms with Gasteiger partial charge in [-0.25, -0.2) is 10.1 Å². The molecule has 6 nitrogen and oxygen atoms in total. The number of piperazine rings is 1. The van der Waals surface area contributed by atoms with Crippen LogP contribution >= 0.6 is 0 Å². The van der Waals surface area contributed by atoms with Gasteiger partial charge in [0.25, 0.3) is 0 Å². The Labute approximate surface area is 87.0 Å². The van der Waals surface area contributed by atoms with Gasteiger partial charge in [0.2, 0.25) is 0 Å². The van der Waals surface area contributed by atoms with Crippen molar-refractivity contribution in [2.75, 3.05) is 0 Å². The molecule has 1 saturated heterocycles. The molecule has 2 fully saturated rings. The maximum absolute atomic E-state index is 11.3. The first-order chi connectivity index (χ1) is 6.98. The van der Waals surface area contributed by atoms with Gasteiger partial charge in [-0.05, 0) is 19.8 Å². The molecule has 0 aromatic carbocycles. The quantitative estimate of drug-likeness (QED) is 0.444. The van der Waals surface area contributed by atoms with E-state index in [9.17, 15) is 20.0 Å². The van der Waals surface area contributed by atoms with Gasteiger partial charge in [0, 0.05) is 0 Å². The van der Waals surface area contributed by atoms with Crippen molar-refractivity contribution in [3.63, 3.8) is 0 Å². The number of hydrogen-bond acceptors (Lipinski definition) is 4. The summed E-state index contributed by atoms with van der Waals surface area (Å²) in [6.07, 6.45) is 2.94. The summed E-state index contributed by atoms with van der Waals surface area (Å²) in [5.41, 5.74) is -0.849. The number of carbonyl (C=O) groups is 2. The van der Waals surface area contributed by atoms with Gasteiger partial charge in [0.05, 0.1) is 11.6 Å². The molecule has 1 aliphatic heterocycles. The van der Waals surface area contributed by atoms with Gasteiger partial charge in [0.1, 0.15) is 0 Å².